The van der Waals surface area contributed by atoms with E-state index in [2.05, 4.69) is 15.5 Å². The summed E-state index contributed by atoms with van der Waals surface area (Å²) in [4.78, 5) is 2.68. The Kier molecular flexibility index (Phi) is 4.22. The van der Waals surface area contributed by atoms with Gasteiger partial charge in [-0.15, -0.1) is 0 Å². The maximum Gasteiger partial charge on any atom is 0.0107 e. The highest BCUT2D eigenvalue weighted by Gasteiger charge is 2.36. The smallest absolute Gasteiger partial charge is 0.0107 e. The topological polar surface area (TPSA) is 27.3 Å². The molecule has 0 aromatic carbocycles. The highest BCUT2D eigenvalue weighted by molar-refractivity contribution is 4.90. The van der Waals surface area contributed by atoms with Crippen molar-refractivity contribution in [2.45, 2.75) is 38.5 Å². The Morgan fingerprint density at radius 2 is 1.44 bits per heavy atom. The van der Waals surface area contributed by atoms with Crippen molar-refractivity contribution in [1.82, 2.24) is 15.5 Å². The van der Waals surface area contributed by atoms with Gasteiger partial charge < -0.3 is 15.5 Å². The van der Waals surface area contributed by atoms with Crippen molar-refractivity contribution in [2.24, 2.45) is 11.3 Å². The molecule has 2 heterocycles. The molecule has 0 unspecified atom stereocenters. The largest absolute Gasteiger partial charge is 0.317 e. The zero-order valence-corrected chi connectivity index (χ0v) is 11.7. The third-order valence-corrected chi connectivity index (χ3v) is 5.56. The molecule has 0 amide bonds. The standard InChI is InChI=1S/C15H29N3/c1-3-15(5-7-16-8-6-15)4-2-14(1)13-18-11-9-17-10-12-18/h14,16-17H,1-13H2. The zero-order valence-electron chi connectivity index (χ0n) is 11.7. The van der Waals surface area contributed by atoms with E-state index < -0.39 is 0 Å². The SMILES string of the molecule is C1CN(CC2CCC3(CCNCC3)CC2)CCN1. The van der Waals surface area contributed by atoms with Crippen LogP contribution in [-0.4, -0.2) is 50.7 Å². The molecule has 18 heavy (non-hydrogen) atoms. The van der Waals surface area contributed by atoms with Crippen LogP contribution in [0.15, 0.2) is 0 Å². The van der Waals surface area contributed by atoms with Gasteiger partial charge in [-0.3, -0.25) is 0 Å². The lowest BCUT2D eigenvalue weighted by Gasteiger charge is -2.44. The van der Waals surface area contributed by atoms with Gasteiger partial charge in [-0.25, -0.2) is 0 Å². The van der Waals surface area contributed by atoms with Crippen molar-refractivity contribution in [3.05, 3.63) is 0 Å². The fraction of sp³-hybridized carbons (Fsp3) is 1.00. The molecule has 1 aliphatic carbocycles. The molecule has 1 saturated carbocycles. The summed E-state index contributed by atoms with van der Waals surface area (Å²) in [5.41, 5.74) is 0.741. The monoisotopic (exact) mass is 251 g/mol. The third kappa shape index (κ3) is 3.06. The third-order valence-electron chi connectivity index (χ3n) is 5.56. The molecule has 3 aliphatic rings. The molecule has 0 atom stereocenters. The van der Waals surface area contributed by atoms with Crippen molar-refractivity contribution < 1.29 is 0 Å². The summed E-state index contributed by atoms with van der Waals surface area (Å²) in [7, 11) is 0. The zero-order chi connectivity index (χ0) is 12.3. The predicted molar refractivity (Wildman–Crippen MR) is 75.8 cm³/mol. The van der Waals surface area contributed by atoms with Crippen LogP contribution in [0.3, 0.4) is 0 Å². The normalized spacial score (nSPS) is 30.7. The first-order chi connectivity index (χ1) is 8.86. The molecule has 2 aliphatic heterocycles. The number of hydrogen-bond donors (Lipinski definition) is 2. The van der Waals surface area contributed by atoms with Crippen LogP contribution in [0.25, 0.3) is 0 Å². The van der Waals surface area contributed by atoms with Crippen molar-refractivity contribution >= 4 is 0 Å². The summed E-state index contributed by atoms with van der Waals surface area (Å²) in [5, 5.41) is 6.97. The average molecular weight is 251 g/mol. The van der Waals surface area contributed by atoms with Gasteiger partial charge in [-0.1, -0.05) is 0 Å². The lowest BCUT2D eigenvalue weighted by atomic mass is 9.65. The Balaban J connectivity index is 1.44. The number of hydrogen-bond acceptors (Lipinski definition) is 3. The van der Waals surface area contributed by atoms with Crippen LogP contribution in [0.2, 0.25) is 0 Å². The summed E-state index contributed by atoms with van der Waals surface area (Å²) in [6.45, 7) is 8.84. The van der Waals surface area contributed by atoms with E-state index in [-0.39, 0.29) is 0 Å². The van der Waals surface area contributed by atoms with Crippen LogP contribution >= 0.6 is 0 Å². The molecule has 3 fully saturated rings. The van der Waals surface area contributed by atoms with E-state index in [1.165, 1.54) is 84.3 Å². The quantitative estimate of drug-likeness (QED) is 0.778. The van der Waals surface area contributed by atoms with Gasteiger partial charge in [0.05, 0.1) is 0 Å². The molecule has 2 saturated heterocycles. The number of rotatable bonds is 2. The molecule has 0 bridgehead atoms. The van der Waals surface area contributed by atoms with Gasteiger partial charge in [0.1, 0.15) is 0 Å². The van der Waals surface area contributed by atoms with Crippen LogP contribution < -0.4 is 10.6 Å². The minimum absolute atomic E-state index is 0.741. The van der Waals surface area contributed by atoms with Crippen LogP contribution in [0.1, 0.15) is 38.5 Å². The minimum Gasteiger partial charge on any atom is -0.317 e. The van der Waals surface area contributed by atoms with Crippen molar-refractivity contribution in [2.75, 3.05) is 45.8 Å². The second kappa shape index (κ2) is 5.89. The molecule has 3 nitrogen and oxygen atoms in total. The second-order valence-corrected chi connectivity index (χ2v) is 6.74. The van der Waals surface area contributed by atoms with Crippen LogP contribution in [0.5, 0.6) is 0 Å². The van der Waals surface area contributed by atoms with E-state index in [0.717, 1.165) is 11.3 Å². The summed E-state index contributed by atoms with van der Waals surface area (Å²) in [6, 6.07) is 0. The van der Waals surface area contributed by atoms with Gasteiger partial charge in [0.25, 0.3) is 0 Å². The number of nitrogens with zero attached hydrogens (tertiary/aromatic N) is 1. The first-order valence-corrected chi connectivity index (χ1v) is 8.00. The van der Waals surface area contributed by atoms with Gasteiger partial charge in [0.2, 0.25) is 0 Å². The van der Waals surface area contributed by atoms with Gasteiger partial charge in [0, 0.05) is 32.7 Å². The molecule has 104 valence electrons. The molecule has 3 heteroatoms. The average Bonchev–Trinajstić information content (AvgIpc) is 2.44. The molecule has 3 rings (SSSR count). The molecular weight excluding hydrogens is 222 g/mol. The fourth-order valence-electron chi connectivity index (χ4n) is 4.19. The first-order valence-electron chi connectivity index (χ1n) is 8.00. The van der Waals surface area contributed by atoms with Crippen molar-refractivity contribution in [3.8, 4) is 0 Å². The van der Waals surface area contributed by atoms with Gasteiger partial charge in [-0.05, 0) is 62.9 Å². The second-order valence-electron chi connectivity index (χ2n) is 6.74. The lowest BCUT2D eigenvalue weighted by molar-refractivity contribution is 0.0849. The molecule has 1 spiro atoms. The fourth-order valence-corrected chi connectivity index (χ4v) is 4.19. The van der Waals surface area contributed by atoms with Gasteiger partial charge >= 0.3 is 0 Å². The maximum atomic E-state index is 3.52. The maximum absolute atomic E-state index is 3.52. The van der Waals surface area contributed by atoms with Crippen LogP contribution in [0, 0.1) is 11.3 Å². The minimum atomic E-state index is 0.741. The first kappa shape index (κ1) is 12.9. The molecule has 0 aromatic rings. The molecule has 2 N–H and O–H groups in total. The highest BCUT2D eigenvalue weighted by atomic mass is 15.2. The van der Waals surface area contributed by atoms with Gasteiger partial charge in [-0.2, -0.15) is 0 Å². The number of nitrogens with one attached hydrogen (secondary N) is 2. The van der Waals surface area contributed by atoms with Crippen LogP contribution in [0.4, 0.5) is 0 Å². The van der Waals surface area contributed by atoms with E-state index in [1.807, 2.05) is 0 Å². The Bertz CT molecular complexity index is 244. The summed E-state index contributed by atoms with van der Waals surface area (Å²) < 4.78 is 0. The summed E-state index contributed by atoms with van der Waals surface area (Å²) in [5.74, 6) is 0.989. The number of piperidine rings is 1. The summed E-state index contributed by atoms with van der Waals surface area (Å²) in [6.07, 6.45) is 8.87. The highest BCUT2D eigenvalue weighted by Crippen LogP contribution is 2.45. The summed E-state index contributed by atoms with van der Waals surface area (Å²) >= 11 is 0. The Labute approximate surface area is 112 Å². The van der Waals surface area contributed by atoms with Crippen LogP contribution in [-0.2, 0) is 0 Å². The van der Waals surface area contributed by atoms with E-state index >= 15 is 0 Å². The van der Waals surface area contributed by atoms with Gasteiger partial charge in [0.15, 0.2) is 0 Å². The van der Waals surface area contributed by atoms with E-state index in [1.54, 1.807) is 0 Å². The molecule has 0 radical (unpaired) electrons. The van der Waals surface area contributed by atoms with Crippen molar-refractivity contribution in [3.63, 3.8) is 0 Å². The molecular formula is C15H29N3. The lowest BCUT2D eigenvalue weighted by Crippen LogP contribution is -2.46. The van der Waals surface area contributed by atoms with Crippen molar-refractivity contribution in [1.29, 1.82) is 0 Å². The van der Waals surface area contributed by atoms with E-state index in [9.17, 15) is 0 Å². The molecule has 0 aromatic heterocycles. The predicted octanol–water partition coefficient (Wildman–Crippen LogP) is 1.45. The number of piperazine rings is 1. The Hall–Kier alpha value is -0.120. The van der Waals surface area contributed by atoms with E-state index in [0.29, 0.717) is 0 Å². The Morgan fingerprint density at radius 3 is 2.11 bits per heavy atom. The Morgan fingerprint density at radius 1 is 0.833 bits per heavy atom. The van der Waals surface area contributed by atoms with E-state index in [4.69, 9.17) is 0 Å².